The molecule has 2 heterocycles. The maximum atomic E-state index is 13.3. The summed E-state index contributed by atoms with van der Waals surface area (Å²) in [6, 6.07) is 6.75. The lowest BCUT2D eigenvalue weighted by molar-refractivity contribution is 0.113. The van der Waals surface area contributed by atoms with Crippen molar-refractivity contribution in [2.45, 2.75) is 25.9 Å². The molecule has 0 bridgehead atoms. The maximum Gasteiger partial charge on any atom is 0.123 e. The van der Waals surface area contributed by atoms with Crippen molar-refractivity contribution in [3.63, 3.8) is 0 Å². The van der Waals surface area contributed by atoms with Crippen molar-refractivity contribution in [2.75, 3.05) is 6.61 Å². The van der Waals surface area contributed by atoms with Crippen molar-refractivity contribution in [1.29, 1.82) is 0 Å². The minimum Gasteiger partial charge on any atom is -0.374 e. The summed E-state index contributed by atoms with van der Waals surface area (Å²) in [7, 11) is 0. The van der Waals surface area contributed by atoms with Gasteiger partial charge >= 0.3 is 0 Å². The third kappa shape index (κ3) is 1.91. The fourth-order valence-electron chi connectivity index (χ4n) is 2.45. The number of hydrogen-bond donors (Lipinski definition) is 0. The van der Waals surface area contributed by atoms with E-state index in [4.69, 9.17) is 4.74 Å². The number of aromatic nitrogens is 1. The lowest BCUT2D eigenvalue weighted by Crippen LogP contribution is -1.99. The van der Waals surface area contributed by atoms with Gasteiger partial charge in [-0.3, -0.25) is 4.98 Å². The fraction of sp³-hybridized carbons (Fsp3) is 0.357. The SMILES string of the molecule is Cc1cc(C2CCCO2)c2cc(F)ccc2n1. The van der Waals surface area contributed by atoms with Crippen LogP contribution >= 0.6 is 0 Å². The average Bonchev–Trinajstić information content (AvgIpc) is 2.82. The van der Waals surface area contributed by atoms with Crippen molar-refractivity contribution in [3.05, 3.63) is 41.3 Å². The highest BCUT2D eigenvalue weighted by Crippen LogP contribution is 2.33. The van der Waals surface area contributed by atoms with Gasteiger partial charge in [-0.05, 0) is 49.6 Å². The van der Waals surface area contributed by atoms with Crippen LogP contribution in [-0.4, -0.2) is 11.6 Å². The van der Waals surface area contributed by atoms with E-state index in [1.165, 1.54) is 6.07 Å². The predicted octanol–water partition coefficient (Wildman–Crippen LogP) is 3.53. The van der Waals surface area contributed by atoms with Crippen LogP contribution in [0.25, 0.3) is 10.9 Å². The van der Waals surface area contributed by atoms with Crippen LogP contribution in [0.2, 0.25) is 0 Å². The number of halogens is 1. The zero-order valence-corrected chi connectivity index (χ0v) is 9.74. The molecule has 0 N–H and O–H groups in total. The van der Waals surface area contributed by atoms with Gasteiger partial charge in [-0.1, -0.05) is 0 Å². The van der Waals surface area contributed by atoms with Gasteiger partial charge in [0.25, 0.3) is 0 Å². The van der Waals surface area contributed by atoms with E-state index in [-0.39, 0.29) is 11.9 Å². The summed E-state index contributed by atoms with van der Waals surface area (Å²) in [6.07, 6.45) is 2.18. The molecule has 0 amide bonds. The number of fused-ring (bicyclic) bond motifs is 1. The largest absolute Gasteiger partial charge is 0.374 e. The molecule has 1 saturated heterocycles. The summed E-state index contributed by atoms with van der Waals surface area (Å²) < 4.78 is 19.0. The van der Waals surface area contributed by atoms with Gasteiger partial charge in [-0.15, -0.1) is 0 Å². The Bertz CT molecular complexity index is 561. The van der Waals surface area contributed by atoms with Crippen molar-refractivity contribution in [2.24, 2.45) is 0 Å². The smallest absolute Gasteiger partial charge is 0.123 e. The summed E-state index contributed by atoms with van der Waals surface area (Å²) in [6.45, 7) is 2.75. The van der Waals surface area contributed by atoms with E-state index in [0.29, 0.717) is 0 Å². The van der Waals surface area contributed by atoms with E-state index < -0.39 is 0 Å². The molecule has 1 aliphatic heterocycles. The van der Waals surface area contributed by atoms with Crippen molar-refractivity contribution < 1.29 is 9.13 Å². The number of aryl methyl sites for hydroxylation is 1. The van der Waals surface area contributed by atoms with E-state index in [2.05, 4.69) is 4.98 Å². The van der Waals surface area contributed by atoms with Gasteiger partial charge in [0.2, 0.25) is 0 Å². The molecule has 1 aromatic carbocycles. The molecule has 3 rings (SSSR count). The van der Waals surface area contributed by atoms with Gasteiger partial charge in [-0.2, -0.15) is 0 Å². The molecule has 2 nitrogen and oxygen atoms in total. The Balaban J connectivity index is 2.23. The average molecular weight is 231 g/mol. The van der Waals surface area contributed by atoms with Crippen LogP contribution in [-0.2, 0) is 4.74 Å². The van der Waals surface area contributed by atoms with E-state index in [1.807, 2.05) is 13.0 Å². The summed E-state index contributed by atoms with van der Waals surface area (Å²) >= 11 is 0. The van der Waals surface area contributed by atoms with Crippen LogP contribution in [0.4, 0.5) is 4.39 Å². The molecule has 1 aliphatic rings. The molecule has 1 fully saturated rings. The quantitative estimate of drug-likeness (QED) is 0.749. The first kappa shape index (κ1) is 10.7. The molecule has 2 aromatic rings. The van der Waals surface area contributed by atoms with Crippen LogP contribution in [0.15, 0.2) is 24.3 Å². The highest BCUT2D eigenvalue weighted by Gasteiger charge is 2.20. The molecule has 0 radical (unpaired) electrons. The molecule has 1 unspecified atom stereocenters. The van der Waals surface area contributed by atoms with Crippen molar-refractivity contribution in [1.82, 2.24) is 4.98 Å². The van der Waals surface area contributed by atoms with Crippen LogP contribution < -0.4 is 0 Å². The Hall–Kier alpha value is -1.48. The monoisotopic (exact) mass is 231 g/mol. The van der Waals surface area contributed by atoms with Crippen LogP contribution in [0, 0.1) is 12.7 Å². The van der Waals surface area contributed by atoms with Crippen LogP contribution in [0.1, 0.15) is 30.2 Å². The third-order valence-electron chi connectivity index (χ3n) is 3.21. The van der Waals surface area contributed by atoms with E-state index in [1.54, 1.807) is 12.1 Å². The predicted molar refractivity (Wildman–Crippen MR) is 64.4 cm³/mol. The second-order valence-corrected chi connectivity index (χ2v) is 4.52. The van der Waals surface area contributed by atoms with Gasteiger partial charge in [0.15, 0.2) is 0 Å². The van der Waals surface area contributed by atoms with E-state index in [0.717, 1.165) is 41.6 Å². The first-order valence-electron chi connectivity index (χ1n) is 5.92. The lowest BCUT2D eigenvalue weighted by atomic mass is 10.0. The normalized spacial score (nSPS) is 20.0. The highest BCUT2D eigenvalue weighted by atomic mass is 19.1. The molecule has 3 heteroatoms. The summed E-state index contributed by atoms with van der Waals surface area (Å²) in [5, 5.41) is 0.877. The van der Waals surface area contributed by atoms with E-state index >= 15 is 0 Å². The number of ether oxygens (including phenoxy) is 1. The Kier molecular flexibility index (Phi) is 2.56. The Morgan fingerprint density at radius 2 is 2.24 bits per heavy atom. The van der Waals surface area contributed by atoms with Gasteiger partial charge in [0.05, 0.1) is 11.6 Å². The number of benzene rings is 1. The third-order valence-corrected chi connectivity index (χ3v) is 3.21. The second kappa shape index (κ2) is 4.08. The first-order chi connectivity index (χ1) is 8.24. The topological polar surface area (TPSA) is 22.1 Å². The van der Waals surface area contributed by atoms with Gasteiger partial charge in [0.1, 0.15) is 5.82 Å². The highest BCUT2D eigenvalue weighted by molar-refractivity contribution is 5.82. The summed E-state index contributed by atoms with van der Waals surface area (Å²) in [5.74, 6) is -0.220. The summed E-state index contributed by atoms with van der Waals surface area (Å²) in [4.78, 5) is 4.43. The zero-order valence-electron chi connectivity index (χ0n) is 9.74. The molecule has 0 spiro atoms. The fourth-order valence-corrected chi connectivity index (χ4v) is 2.45. The number of hydrogen-bond acceptors (Lipinski definition) is 2. The standard InChI is InChI=1S/C14H14FNO/c1-9-7-12(14-3-2-6-17-14)11-8-10(15)4-5-13(11)16-9/h4-5,7-8,14H,2-3,6H2,1H3. The maximum absolute atomic E-state index is 13.3. The lowest BCUT2D eigenvalue weighted by Gasteiger charge is -2.13. The van der Waals surface area contributed by atoms with Gasteiger partial charge in [0, 0.05) is 17.7 Å². The minimum atomic E-state index is -0.220. The molecule has 0 aliphatic carbocycles. The molecule has 17 heavy (non-hydrogen) atoms. The molecule has 1 aromatic heterocycles. The van der Waals surface area contributed by atoms with Gasteiger partial charge in [-0.25, -0.2) is 4.39 Å². The van der Waals surface area contributed by atoms with Crippen molar-refractivity contribution in [3.8, 4) is 0 Å². The Morgan fingerprint density at radius 3 is 3.00 bits per heavy atom. The van der Waals surface area contributed by atoms with Crippen LogP contribution in [0.5, 0.6) is 0 Å². The molecule has 88 valence electrons. The molecule has 1 atom stereocenters. The number of nitrogens with zero attached hydrogens (tertiary/aromatic N) is 1. The van der Waals surface area contributed by atoms with Crippen molar-refractivity contribution >= 4 is 10.9 Å². The zero-order chi connectivity index (χ0) is 11.8. The van der Waals surface area contributed by atoms with Crippen LogP contribution in [0.3, 0.4) is 0 Å². The molecule has 0 saturated carbocycles. The second-order valence-electron chi connectivity index (χ2n) is 4.52. The first-order valence-corrected chi connectivity index (χ1v) is 5.92. The number of pyridine rings is 1. The Labute approximate surface area is 99.4 Å². The summed E-state index contributed by atoms with van der Waals surface area (Å²) in [5.41, 5.74) is 2.87. The molecular formula is C14H14FNO. The molecular weight excluding hydrogens is 217 g/mol. The van der Waals surface area contributed by atoms with E-state index in [9.17, 15) is 4.39 Å². The minimum absolute atomic E-state index is 0.0981. The van der Waals surface area contributed by atoms with Gasteiger partial charge < -0.3 is 4.74 Å². The number of rotatable bonds is 1. The Morgan fingerprint density at radius 1 is 1.35 bits per heavy atom.